The molecule has 0 saturated heterocycles. The highest BCUT2D eigenvalue weighted by atomic mass is 32.1. The lowest BCUT2D eigenvalue weighted by Crippen LogP contribution is -2.10. The number of rotatable bonds is 2. The van der Waals surface area contributed by atoms with Crippen LogP contribution in [0.5, 0.6) is 5.75 Å². The molecular weight excluding hydrogens is 432 g/mol. The van der Waals surface area contributed by atoms with E-state index in [9.17, 15) is 0 Å². The molecule has 4 aromatic rings. The zero-order valence-electron chi connectivity index (χ0n) is 19.0. The Balaban J connectivity index is 1.60. The highest BCUT2D eigenvalue weighted by molar-refractivity contribution is 7.12. The van der Waals surface area contributed by atoms with Crippen LogP contribution in [0.25, 0.3) is 22.5 Å². The fourth-order valence-corrected chi connectivity index (χ4v) is 5.53. The molecule has 1 fully saturated rings. The lowest BCUT2D eigenvalue weighted by atomic mass is 9.96. The number of aromatic nitrogens is 5. The fourth-order valence-electron chi connectivity index (χ4n) is 4.58. The standard InChI is InChI=1S/C25H26N6OS/c1-13-4-7-18-19(8-13)14(2)32-21-9-17(11-27-25(21)26)24-20(10-22-23(18)28-15(3)33-22)29-30-31(24)12-16-5-6-16/h4,7-9,11,14,16H,5-6,10,12H2,1-3H3,(H2,26,27). The van der Waals surface area contributed by atoms with Crippen LogP contribution in [0.3, 0.4) is 0 Å². The van der Waals surface area contributed by atoms with Crippen molar-refractivity contribution < 1.29 is 4.74 Å². The van der Waals surface area contributed by atoms with Crippen molar-refractivity contribution in [2.24, 2.45) is 5.92 Å². The van der Waals surface area contributed by atoms with Gasteiger partial charge < -0.3 is 10.5 Å². The summed E-state index contributed by atoms with van der Waals surface area (Å²) in [7, 11) is 0. The third kappa shape index (κ3) is 3.68. The van der Waals surface area contributed by atoms with Gasteiger partial charge in [-0.2, -0.15) is 0 Å². The van der Waals surface area contributed by atoms with Crippen LogP contribution in [-0.2, 0) is 13.0 Å². The number of fused-ring (bicyclic) bond motifs is 7. The van der Waals surface area contributed by atoms with Gasteiger partial charge in [0.2, 0.25) is 0 Å². The van der Waals surface area contributed by atoms with Gasteiger partial charge in [0.15, 0.2) is 11.6 Å². The Morgan fingerprint density at radius 3 is 2.88 bits per heavy atom. The highest BCUT2D eigenvalue weighted by Gasteiger charge is 2.28. The van der Waals surface area contributed by atoms with Gasteiger partial charge in [-0.05, 0) is 45.6 Å². The summed E-state index contributed by atoms with van der Waals surface area (Å²) in [5, 5.41) is 10.2. The molecule has 3 aromatic heterocycles. The largest absolute Gasteiger partial charge is 0.482 e. The number of hydrogen-bond donors (Lipinski definition) is 1. The van der Waals surface area contributed by atoms with E-state index >= 15 is 0 Å². The molecule has 1 atom stereocenters. The number of hydrogen-bond acceptors (Lipinski definition) is 7. The normalized spacial score (nSPS) is 17.2. The molecule has 0 radical (unpaired) electrons. The van der Waals surface area contributed by atoms with Gasteiger partial charge in [-0.15, -0.1) is 16.4 Å². The number of benzene rings is 1. The summed E-state index contributed by atoms with van der Waals surface area (Å²) in [6.07, 6.45) is 4.75. The molecule has 33 heavy (non-hydrogen) atoms. The van der Waals surface area contributed by atoms with E-state index in [2.05, 4.69) is 54.3 Å². The van der Waals surface area contributed by atoms with E-state index in [-0.39, 0.29) is 6.10 Å². The Morgan fingerprint density at radius 1 is 1.21 bits per heavy atom. The van der Waals surface area contributed by atoms with Gasteiger partial charge in [0.05, 0.1) is 22.1 Å². The minimum absolute atomic E-state index is 0.220. The lowest BCUT2D eigenvalue weighted by Gasteiger charge is -2.21. The Labute approximate surface area is 196 Å². The molecule has 1 aliphatic heterocycles. The van der Waals surface area contributed by atoms with Crippen LogP contribution in [0.1, 0.15) is 52.6 Å². The second kappa shape index (κ2) is 7.66. The van der Waals surface area contributed by atoms with Gasteiger partial charge >= 0.3 is 0 Å². The van der Waals surface area contributed by atoms with Crippen molar-refractivity contribution in [3.63, 3.8) is 0 Å². The van der Waals surface area contributed by atoms with Crippen LogP contribution < -0.4 is 10.5 Å². The predicted molar refractivity (Wildman–Crippen MR) is 129 cm³/mol. The molecule has 4 heterocycles. The lowest BCUT2D eigenvalue weighted by molar-refractivity contribution is 0.228. The molecule has 0 amide bonds. The van der Waals surface area contributed by atoms with E-state index in [1.54, 1.807) is 17.5 Å². The topological polar surface area (TPSA) is 91.7 Å². The molecule has 7 nitrogen and oxygen atoms in total. The number of pyridine rings is 1. The smallest absolute Gasteiger partial charge is 0.166 e. The molecule has 8 heteroatoms. The number of thiazole rings is 1. The summed E-state index contributed by atoms with van der Waals surface area (Å²) >= 11 is 1.72. The first-order valence-electron chi connectivity index (χ1n) is 11.4. The molecular formula is C25H26N6OS. The highest BCUT2D eigenvalue weighted by Crippen LogP contribution is 2.40. The van der Waals surface area contributed by atoms with Crippen molar-refractivity contribution in [3.05, 3.63) is 57.2 Å². The van der Waals surface area contributed by atoms with E-state index in [1.165, 1.54) is 23.3 Å². The zero-order chi connectivity index (χ0) is 22.7. The number of nitrogens with two attached hydrogens (primary N) is 1. The third-order valence-corrected chi connectivity index (χ3v) is 7.40. The van der Waals surface area contributed by atoms with Crippen LogP contribution in [0, 0.1) is 19.8 Å². The number of aryl methyl sites for hydroxylation is 2. The molecule has 1 unspecified atom stereocenters. The van der Waals surface area contributed by atoms with Crippen molar-refractivity contribution in [2.75, 3.05) is 5.73 Å². The Hall–Kier alpha value is -3.26. The van der Waals surface area contributed by atoms with Gasteiger partial charge in [0.1, 0.15) is 6.10 Å². The van der Waals surface area contributed by atoms with E-state index < -0.39 is 0 Å². The maximum atomic E-state index is 6.42. The Morgan fingerprint density at radius 2 is 2.06 bits per heavy atom. The number of nitrogens with zero attached hydrogens (tertiary/aromatic N) is 5. The first-order valence-corrected chi connectivity index (χ1v) is 12.2. The predicted octanol–water partition coefficient (Wildman–Crippen LogP) is 5.12. The molecule has 2 bridgehead atoms. The molecule has 2 N–H and O–H groups in total. The molecule has 1 saturated carbocycles. The molecule has 6 rings (SSSR count). The molecule has 1 aromatic carbocycles. The molecule has 0 spiro atoms. The molecule has 1 aliphatic carbocycles. The Kier molecular flexibility index (Phi) is 4.72. The minimum atomic E-state index is -0.220. The van der Waals surface area contributed by atoms with E-state index in [4.69, 9.17) is 15.5 Å². The average molecular weight is 459 g/mol. The quantitative estimate of drug-likeness (QED) is 0.448. The van der Waals surface area contributed by atoms with Crippen molar-refractivity contribution >= 4 is 17.2 Å². The maximum absolute atomic E-state index is 6.42. The number of ether oxygens (including phenoxy) is 1. The average Bonchev–Trinajstić information content (AvgIpc) is 3.41. The SMILES string of the molecule is Cc1ccc2c(c1)C(C)Oc1cc(cnc1N)-c1c(nnn1CC1CC1)Cc1sc(C)nc1-2. The second-order valence-electron chi connectivity index (χ2n) is 9.15. The molecule has 2 aliphatic rings. The second-order valence-corrected chi connectivity index (χ2v) is 10.4. The summed E-state index contributed by atoms with van der Waals surface area (Å²) in [4.78, 5) is 10.6. The molecule has 168 valence electrons. The van der Waals surface area contributed by atoms with E-state index in [0.717, 1.165) is 45.3 Å². The minimum Gasteiger partial charge on any atom is -0.482 e. The summed E-state index contributed by atoms with van der Waals surface area (Å²) in [6, 6.07) is 8.44. The van der Waals surface area contributed by atoms with Crippen molar-refractivity contribution in [1.82, 2.24) is 25.0 Å². The van der Waals surface area contributed by atoms with Gasteiger partial charge in [-0.1, -0.05) is 29.0 Å². The third-order valence-electron chi connectivity index (χ3n) is 6.42. The van der Waals surface area contributed by atoms with Crippen molar-refractivity contribution in [3.8, 4) is 28.3 Å². The summed E-state index contributed by atoms with van der Waals surface area (Å²) in [6.45, 7) is 7.08. The number of anilines is 1. The van der Waals surface area contributed by atoms with Gasteiger partial charge in [-0.3, -0.25) is 0 Å². The van der Waals surface area contributed by atoms with Crippen LogP contribution in [-0.4, -0.2) is 25.0 Å². The van der Waals surface area contributed by atoms with Gasteiger partial charge in [0.25, 0.3) is 0 Å². The van der Waals surface area contributed by atoms with Crippen molar-refractivity contribution in [1.29, 1.82) is 0 Å². The van der Waals surface area contributed by atoms with Crippen molar-refractivity contribution in [2.45, 2.75) is 52.7 Å². The van der Waals surface area contributed by atoms with Crippen LogP contribution >= 0.6 is 11.3 Å². The summed E-state index contributed by atoms with van der Waals surface area (Å²) in [5.74, 6) is 1.63. The first kappa shape index (κ1) is 20.4. The van der Waals surface area contributed by atoms with Gasteiger partial charge in [0, 0.05) is 40.7 Å². The Bertz CT molecular complexity index is 1370. The van der Waals surface area contributed by atoms with Crippen LogP contribution in [0.15, 0.2) is 30.5 Å². The van der Waals surface area contributed by atoms with Gasteiger partial charge in [-0.25, -0.2) is 14.6 Å². The van der Waals surface area contributed by atoms with E-state index in [0.29, 0.717) is 23.9 Å². The maximum Gasteiger partial charge on any atom is 0.166 e. The first-order chi connectivity index (χ1) is 16.0. The summed E-state index contributed by atoms with van der Waals surface area (Å²) in [5.41, 5.74) is 13.5. The van der Waals surface area contributed by atoms with E-state index in [1.807, 2.05) is 10.7 Å². The van der Waals surface area contributed by atoms with Crippen LogP contribution in [0.2, 0.25) is 0 Å². The summed E-state index contributed by atoms with van der Waals surface area (Å²) < 4.78 is 8.46. The zero-order valence-corrected chi connectivity index (χ0v) is 19.8. The monoisotopic (exact) mass is 458 g/mol. The van der Waals surface area contributed by atoms with Crippen LogP contribution in [0.4, 0.5) is 5.82 Å². The fraction of sp³-hybridized carbons (Fsp3) is 0.360. The number of nitrogen functional groups attached to an aromatic ring is 1.